The first-order valence-corrected chi connectivity index (χ1v) is 5.27. The van der Waals surface area contributed by atoms with Crippen LogP contribution in [0.5, 0.6) is 0 Å². The van der Waals surface area contributed by atoms with E-state index in [4.69, 9.17) is 0 Å². The highest BCUT2D eigenvalue weighted by Crippen LogP contribution is 2.12. The van der Waals surface area contributed by atoms with Crippen molar-refractivity contribution < 1.29 is 0 Å². The van der Waals surface area contributed by atoms with Crippen LogP contribution in [0.25, 0.3) is 0 Å². The lowest BCUT2D eigenvalue weighted by Crippen LogP contribution is -2.39. The van der Waals surface area contributed by atoms with Crippen molar-refractivity contribution in [1.82, 2.24) is 10.6 Å². The highest BCUT2D eigenvalue weighted by molar-refractivity contribution is 4.77. The number of hydrogen-bond donors (Lipinski definition) is 2. The van der Waals surface area contributed by atoms with E-state index in [9.17, 15) is 0 Å². The molecule has 1 saturated heterocycles. The Kier molecular flexibility index (Phi) is 4.62. The minimum Gasteiger partial charge on any atom is -0.317 e. The molecule has 1 rings (SSSR count). The van der Waals surface area contributed by atoms with Gasteiger partial charge >= 0.3 is 0 Å². The van der Waals surface area contributed by atoms with Gasteiger partial charge in [0.2, 0.25) is 0 Å². The number of rotatable bonds is 4. The van der Waals surface area contributed by atoms with Crippen molar-refractivity contribution in [3.8, 4) is 0 Å². The molecule has 1 heterocycles. The van der Waals surface area contributed by atoms with Gasteiger partial charge in [-0.1, -0.05) is 13.3 Å². The van der Waals surface area contributed by atoms with Crippen molar-refractivity contribution >= 4 is 0 Å². The van der Waals surface area contributed by atoms with Crippen LogP contribution < -0.4 is 10.6 Å². The third-order valence-electron chi connectivity index (χ3n) is 2.88. The maximum atomic E-state index is 3.58. The highest BCUT2D eigenvalue weighted by Gasteiger charge is 2.15. The van der Waals surface area contributed by atoms with Gasteiger partial charge in [-0.15, -0.1) is 0 Å². The average molecular weight is 170 g/mol. The summed E-state index contributed by atoms with van der Waals surface area (Å²) in [5, 5.41) is 6.94. The van der Waals surface area contributed by atoms with Crippen LogP contribution in [0.4, 0.5) is 0 Å². The van der Waals surface area contributed by atoms with Crippen LogP contribution in [-0.2, 0) is 0 Å². The smallest absolute Gasteiger partial charge is 0.00818 e. The number of hydrogen-bond acceptors (Lipinski definition) is 2. The summed E-state index contributed by atoms with van der Waals surface area (Å²) in [4.78, 5) is 0. The van der Waals surface area contributed by atoms with E-state index in [1.807, 2.05) is 0 Å². The normalized spacial score (nSPS) is 27.0. The zero-order valence-corrected chi connectivity index (χ0v) is 8.40. The van der Waals surface area contributed by atoms with E-state index in [1.54, 1.807) is 0 Å². The summed E-state index contributed by atoms with van der Waals surface area (Å²) in [6, 6.07) is 1.48. The van der Waals surface area contributed by atoms with Gasteiger partial charge in [-0.2, -0.15) is 0 Å². The SMILES string of the molecule is CCC(CC1CCCCN1)NC. The van der Waals surface area contributed by atoms with E-state index in [-0.39, 0.29) is 0 Å². The minimum atomic E-state index is 0.709. The topological polar surface area (TPSA) is 24.1 Å². The minimum absolute atomic E-state index is 0.709. The van der Waals surface area contributed by atoms with E-state index in [2.05, 4.69) is 24.6 Å². The molecular weight excluding hydrogens is 148 g/mol. The third-order valence-corrected chi connectivity index (χ3v) is 2.88. The average Bonchev–Trinajstić information content (AvgIpc) is 2.16. The first-order chi connectivity index (χ1) is 5.86. The van der Waals surface area contributed by atoms with Crippen LogP contribution in [0.15, 0.2) is 0 Å². The van der Waals surface area contributed by atoms with Gasteiger partial charge < -0.3 is 10.6 Å². The van der Waals surface area contributed by atoms with Crippen LogP contribution in [0.2, 0.25) is 0 Å². The number of nitrogens with one attached hydrogen (secondary N) is 2. The molecule has 0 aliphatic carbocycles. The van der Waals surface area contributed by atoms with Gasteiger partial charge in [-0.3, -0.25) is 0 Å². The van der Waals surface area contributed by atoms with E-state index in [0.717, 1.165) is 6.04 Å². The second-order valence-corrected chi connectivity index (χ2v) is 3.78. The summed E-state index contributed by atoms with van der Waals surface area (Å²) in [5.41, 5.74) is 0. The molecule has 0 aromatic rings. The predicted octanol–water partition coefficient (Wildman–Crippen LogP) is 1.52. The molecule has 12 heavy (non-hydrogen) atoms. The third kappa shape index (κ3) is 3.11. The monoisotopic (exact) mass is 170 g/mol. The molecule has 0 aromatic heterocycles. The van der Waals surface area contributed by atoms with E-state index < -0.39 is 0 Å². The maximum Gasteiger partial charge on any atom is 0.00818 e. The molecule has 1 aliphatic rings. The first kappa shape index (κ1) is 10.0. The Morgan fingerprint density at radius 3 is 2.83 bits per heavy atom. The van der Waals surface area contributed by atoms with Crippen molar-refractivity contribution in [2.24, 2.45) is 0 Å². The van der Waals surface area contributed by atoms with Crippen molar-refractivity contribution in [3.05, 3.63) is 0 Å². The van der Waals surface area contributed by atoms with E-state index in [0.29, 0.717) is 6.04 Å². The van der Waals surface area contributed by atoms with Crippen molar-refractivity contribution in [2.75, 3.05) is 13.6 Å². The molecule has 2 heteroatoms. The first-order valence-electron chi connectivity index (χ1n) is 5.27. The fourth-order valence-electron chi connectivity index (χ4n) is 1.96. The fourth-order valence-corrected chi connectivity index (χ4v) is 1.96. The molecule has 72 valence electrons. The lowest BCUT2D eigenvalue weighted by molar-refractivity contribution is 0.340. The summed E-state index contributed by atoms with van der Waals surface area (Å²) in [6.07, 6.45) is 6.70. The summed E-state index contributed by atoms with van der Waals surface area (Å²) in [5.74, 6) is 0. The van der Waals surface area contributed by atoms with Gasteiger partial charge in [0.05, 0.1) is 0 Å². The summed E-state index contributed by atoms with van der Waals surface area (Å²) >= 11 is 0. The standard InChI is InChI=1S/C10H22N2/c1-3-9(11-2)8-10-6-4-5-7-12-10/h9-12H,3-8H2,1-2H3. The molecular formula is C10H22N2. The Morgan fingerprint density at radius 1 is 1.50 bits per heavy atom. The molecule has 1 fully saturated rings. The van der Waals surface area contributed by atoms with Gasteiger partial charge in [0, 0.05) is 12.1 Å². The van der Waals surface area contributed by atoms with Crippen LogP contribution >= 0.6 is 0 Å². The van der Waals surface area contributed by atoms with Gasteiger partial charge in [0.15, 0.2) is 0 Å². The van der Waals surface area contributed by atoms with Crippen LogP contribution in [0.3, 0.4) is 0 Å². The van der Waals surface area contributed by atoms with Gasteiger partial charge in [-0.25, -0.2) is 0 Å². The van der Waals surface area contributed by atoms with Crippen LogP contribution in [0.1, 0.15) is 39.0 Å². The lowest BCUT2D eigenvalue weighted by Gasteiger charge is -2.27. The molecule has 0 aromatic carbocycles. The van der Waals surface area contributed by atoms with Crippen molar-refractivity contribution in [1.29, 1.82) is 0 Å². The molecule has 0 spiro atoms. The molecule has 2 atom stereocenters. The Morgan fingerprint density at radius 2 is 2.33 bits per heavy atom. The summed E-state index contributed by atoms with van der Waals surface area (Å²) in [7, 11) is 2.07. The van der Waals surface area contributed by atoms with Gasteiger partial charge in [0.1, 0.15) is 0 Å². The molecule has 0 bridgehead atoms. The quantitative estimate of drug-likeness (QED) is 0.668. The second kappa shape index (κ2) is 5.55. The largest absolute Gasteiger partial charge is 0.317 e. The molecule has 0 amide bonds. The zero-order valence-electron chi connectivity index (χ0n) is 8.40. The summed E-state index contributed by atoms with van der Waals surface area (Å²) in [6.45, 7) is 3.48. The van der Waals surface area contributed by atoms with Crippen molar-refractivity contribution in [3.63, 3.8) is 0 Å². The fraction of sp³-hybridized carbons (Fsp3) is 1.00. The van der Waals surface area contributed by atoms with E-state index in [1.165, 1.54) is 38.6 Å². The Bertz CT molecular complexity index is 104. The van der Waals surface area contributed by atoms with Crippen LogP contribution in [-0.4, -0.2) is 25.7 Å². The Balaban J connectivity index is 2.18. The Hall–Kier alpha value is -0.0800. The Labute approximate surface area is 76.1 Å². The van der Waals surface area contributed by atoms with Crippen molar-refractivity contribution in [2.45, 2.75) is 51.1 Å². The molecule has 0 radical (unpaired) electrons. The molecule has 1 aliphatic heterocycles. The molecule has 0 saturated carbocycles. The van der Waals surface area contributed by atoms with E-state index >= 15 is 0 Å². The second-order valence-electron chi connectivity index (χ2n) is 3.78. The highest BCUT2D eigenvalue weighted by atomic mass is 14.9. The number of piperidine rings is 1. The van der Waals surface area contributed by atoms with Gasteiger partial charge in [-0.05, 0) is 39.3 Å². The molecule has 2 N–H and O–H groups in total. The van der Waals surface area contributed by atoms with Crippen LogP contribution in [0, 0.1) is 0 Å². The van der Waals surface area contributed by atoms with Gasteiger partial charge in [0.25, 0.3) is 0 Å². The molecule has 2 nitrogen and oxygen atoms in total. The molecule has 2 unspecified atom stereocenters. The lowest BCUT2D eigenvalue weighted by atomic mass is 9.97. The zero-order chi connectivity index (χ0) is 8.81. The maximum absolute atomic E-state index is 3.58. The summed E-state index contributed by atoms with van der Waals surface area (Å²) < 4.78 is 0. The predicted molar refractivity (Wildman–Crippen MR) is 53.4 cm³/mol.